The van der Waals surface area contributed by atoms with Crippen LogP contribution in [0.25, 0.3) is 11.3 Å². The van der Waals surface area contributed by atoms with Gasteiger partial charge < -0.3 is 5.73 Å². The Balaban J connectivity index is 2.67. The third-order valence-corrected chi connectivity index (χ3v) is 3.96. The zero-order valence-corrected chi connectivity index (χ0v) is 12.7. The average Bonchev–Trinajstić information content (AvgIpc) is 2.50. The van der Waals surface area contributed by atoms with Crippen LogP contribution in [0.1, 0.15) is 5.56 Å². The molecule has 0 bridgehead atoms. The highest BCUT2D eigenvalue weighted by Gasteiger charge is 2.14. The van der Waals surface area contributed by atoms with Gasteiger partial charge in [-0.25, -0.2) is 0 Å². The molecule has 0 saturated heterocycles. The van der Waals surface area contributed by atoms with Crippen LogP contribution in [0.15, 0.2) is 22.7 Å². The van der Waals surface area contributed by atoms with E-state index in [2.05, 4.69) is 55.8 Å². The molecule has 2 aromatic rings. The van der Waals surface area contributed by atoms with Gasteiger partial charge in [0.15, 0.2) is 0 Å². The number of rotatable bonds is 1. The lowest BCUT2D eigenvalue weighted by molar-refractivity contribution is 0.782. The van der Waals surface area contributed by atoms with Gasteiger partial charge in [0.05, 0.1) is 5.69 Å². The Kier molecular flexibility index (Phi) is 3.25. The van der Waals surface area contributed by atoms with E-state index in [4.69, 9.17) is 5.73 Å². The smallest absolute Gasteiger partial charge is 0.124 e. The van der Waals surface area contributed by atoms with Gasteiger partial charge in [-0.3, -0.25) is 4.68 Å². The maximum atomic E-state index is 5.91. The number of hydrogen-bond donors (Lipinski definition) is 1. The van der Waals surface area contributed by atoms with Gasteiger partial charge in [0, 0.05) is 26.2 Å². The zero-order chi connectivity index (χ0) is 11.9. The number of halogens is 2. The Morgan fingerprint density at radius 2 is 2.12 bits per heavy atom. The number of aryl methyl sites for hydroxylation is 1. The Labute approximate surface area is 116 Å². The molecule has 0 aliphatic heterocycles. The van der Waals surface area contributed by atoms with E-state index in [1.807, 2.05) is 20.0 Å². The predicted molar refractivity (Wildman–Crippen MR) is 78.2 cm³/mol. The van der Waals surface area contributed by atoms with Crippen LogP contribution in [0.5, 0.6) is 0 Å². The molecule has 0 saturated carbocycles. The molecule has 0 spiro atoms. The van der Waals surface area contributed by atoms with E-state index in [9.17, 15) is 0 Å². The lowest BCUT2D eigenvalue weighted by atomic mass is 10.1. The highest BCUT2D eigenvalue weighted by atomic mass is 127. The summed E-state index contributed by atoms with van der Waals surface area (Å²) in [6.07, 6.45) is 0. The van der Waals surface area contributed by atoms with Crippen molar-refractivity contribution in [3.63, 3.8) is 0 Å². The fourth-order valence-corrected chi connectivity index (χ4v) is 2.53. The van der Waals surface area contributed by atoms with Crippen LogP contribution in [0.4, 0.5) is 5.82 Å². The first kappa shape index (κ1) is 11.9. The van der Waals surface area contributed by atoms with Gasteiger partial charge in [0.2, 0.25) is 0 Å². The second kappa shape index (κ2) is 4.37. The molecule has 84 valence electrons. The normalized spacial score (nSPS) is 10.8. The maximum Gasteiger partial charge on any atom is 0.124 e. The lowest BCUT2D eigenvalue weighted by Crippen LogP contribution is -1.97. The van der Waals surface area contributed by atoms with Crippen molar-refractivity contribution in [3.8, 4) is 11.3 Å². The fourth-order valence-electron chi connectivity index (χ4n) is 1.58. The van der Waals surface area contributed by atoms with Crippen molar-refractivity contribution >= 4 is 44.3 Å². The van der Waals surface area contributed by atoms with E-state index < -0.39 is 0 Å². The number of nitrogens with two attached hydrogens (primary N) is 1. The molecule has 0 aliphatic carbocycles. The summed E-state index contributed by atoms with van der Waals surface area (Å²) in [5.74, 6) is 0.714. The number of benzene rings is 1. The highest BCUT2D eigenvalue weighted by molar-refractivity contribution is 14.1. The van der Waals surface area contributed by atoms with Crippen molar-refractivity contribution in [2.24, 2.45) is 7.05 Å². The molecule has 0 fully saturated rings. The topological polar surface area (TPSA) is 43.8 Å². The Hall–Kier alpha value is -0.560. The summed E-state index contributed by atoms with van der Waals surface area (Å²) in [6.45, 7) is 1.99. The molecule has 0 unspecified atom stereocenters. The van der Waals surface area contributed by atoms with E-state index in [0.29, 0.717) is 5.82 Å². The van der Waals surface area contributed by atoms with Gasteiger partial charge in [-0.05, 0) is 47.7 Å². The third kappa shape index (κ3) is 1.98. The number of nitrogens with zero attached hydrogens (tertiary/aromatic N) is 2. The molecule has 16 heavy (non-hydrogen) atoms. The highest BCUT2D eigenvalue weighted by Crippen LogP contribution is 2.31. The van der Waals surface area contributed by atoms with E-state index in [1.165, 1.54) is 3.57 Å². The van der Waals surface area contributed by atoms with Crippen LogP contribution in [0, 0.1) is 10.5 Å². The summed E-state index contributed by atoms with van der Waals surface area (Å²) >= 11 is 5.78. The van der Waals surface area contributed by atoms with E-state index in [-0.39, 0.29) is 0 Å². The Morgan fingerprint density at radius 3 is 2.69 bits per heavy atom. The van der Waals surface area contributed by atoms with Crippen LogP contribution in [0.2, 0.25) is 0 Å². The van der Waals surface area contributed by atoms with Crippen LogP contribution >= 0.6 is 38.5 Å². The largest absolute Gasteiger partial charge is 0.384 e. The molecule has 1 aromatic heterocycles. The minimum absolute atomic E-state index is 0.714. The molecule has 1 heterocycles. The van der Waals surface area contributed by atoms with Gasteiger partial charge in [0.1, 0.15) is 5.82 Å². The zero-order valence-electron chi connectivity index (χ0n) is 8.96. The van der Waals surface area contributed by atoms with E-state index in [0.717, 1.165) is 21.3 Å². The average molecular weight is 392 g/mol. The first-order chi connectivity index (χ1) is 7.50. The minimum Gasteiger partial charge on any atom is -0.384 e. The van der Waals surface area contributed by atoms with E-state index >= 15 is 0 Å². The lowest BCUT2D eigenvalue weighted by Gasteiger charge is -2.03. The predicted octanol–water partition coefficient (Wildman–Crippen LogP) is 3.34. The summed E-state index contributed by atoms with van der Waals surface area (Å²) in [4.78, 5) is 0. The molecule has 0 atom stereocenters. The summed E-state index contributed by atoms with van der Waals surface area (Å²) in [6, 6.07) is 6.15. The van der Waals surface area contributed by atoms with Crippen LogP contribution in [-0.2, 0) is 7.05 Å². The SMILES string of the molecule is Cc1c(-c2cc(Br)ccc2I)nn(C)c1N. The first-order valence-corrected chi connectivity index (χ1v) is 6.62. The van der Waals surface area contributed by atoms with Crippen molar-refractivity contribution in [1.82, 2.24) is 9.78 Å². The second-order valence-corrected chi connectivity index (χ2v) is 5.68. The number of anilines is 1. The molecule has 1 aromatic carbocycles. The van der Waals surface area contributed by atoms with Gasteiger partial charge in [-0.15, -0.1) is 0 Å². The van der Waals surface area contributed by atoms with Crippen molar-refractivity contribution < 1.29 is 0 Å². The monoisotopic (exact) mass is 391 g/mol. The molecule has 5 heteroatoms. The summed E-state index contributed by atoms with van der Waals surface area (Å²) in [5, 5.41) is 4.45. The van der Waals surface area contributed by atoms with Crippen molar-refractivity contribution in [1.29, 1.82) is 0 Å². The molecular formula is C11H11BrIN3. The van der Waals surface area contributed by atoms with Crippen molar-refractivity contribution in [2.75, 3.05) is 5.73 Å². The molecular weight excluding hydrogens is 381 g/mol. The first-order valence-electron chi connectivity index (χ1n) is 4.75. The number of aromatic nitrogens is 2. The molecule has 2 N–H and O–H groups in total. The number of nitrogen functional groups attached to an aromatic ring is 1. The fraction of sp³-hybridized carbons (Fsp3) is 0.182. The second-order valence-electron chi connectivity index (χ2n) is 3.61. The number of hydrogen-bond acceptors (Lipinski definition) is 2. The van der Waals surface area contributed by atoms with Gasteiger partial charge in [-0.1, -0.05) is 15.9 Å². The Bertz CT molecular complexity index is 548. The summed E-state index contributed by atoms with van der Waals surface area (Å²) < 4.78 is 3.93. The quantitative estimate of drug-likeness (QED) is 0.757. The van der Waals surface area contributed by atoms with Crippen LogP contribution in [0.3, 0.4) is 0 Å². The summed E-state index contributed by atoms with van der Waals surface area (Å²) in [5.41, 5.74) is 9.00. The molecule has 0 aliphatic rings. The maximum absolute atomic E-state index is 5.91. The van der Waals surface area contributed by atoms with Crippen LogP contribution < -0.4 is 5.73 Å². The standard InChI is InChI=1S/C11H11BrIN3/c1-6-10(15-16(2)11(6)14)8-5-7(12)3-4-9(8)13/h3-5H,14H2,1-2H3. The van der Waals surface area contributed by atoms with Crippen molar-refractivity contribution in [3.05, 3.63) is 31.8 Å². The third-order valence-electron chi connectivity index (χ3n) is 2.52. The van der Waals surface area contributed by atoms with E-state index in [1.54, 1.807) is 4.68 Å². The molecule has 2 rings (SSSR count). The Morgan fingerprint density at radius 1 is 1.44 bits per heavy atom. The van der Waals surface area contributed by atoms with Gasteiger partial charge in [-0.2, -0.15) is 5.10 Å². The molecule has 3 nitrogen and oxygen atoms in total. The molecule has 0 radical (unpaired) electrons. The van der Waals surface area contributed by atoms with Gasteiger partial charge >= 0.3 is 0 Å². The van der Waals surface area contributed by atoms with Gasteiger partial charge in [0.25, 0.3) is 0 Å². The van der Waals surface area contributed by atoms with Crippen molar-refractivity contribution in [2.45, 2.75) is 6.92 Å². The summed E-state index contributed by atoms with van der Waals surface area (Å²) in [7, 11) is 1.86. The van der Waals surface area contributed by atoms with Crippen LogP contribution in [-0.4, -0.2) is 9.78 Å². The minimum atomic E-state index is 0.714. The molecule has 0 amide bonds.